The molecular weight excluding hydrogens is 312 g/mol. The Hall–Kier alpha value is -1.40. The number of hydrogen-bond donors (Lipinski definition) is 0. The minimum absolute atomic E-state index is 0.0980. The molecule has 2 saturated heterocycles. The lowest BCUT2D eigenvalue weighted by Gasteiger charge is -2.37. The molecule has 126 valence electrons. The summed E-state index contributed by atoms with van der Waals surface area (Å²) in [7, 11) is -2.90. The summed E-state index contributed by atoms with van der Waals surface area (Å²) in [6.45, 7) is 4.17. The molecule has 2 fully saturated rings. The highest BCUT2D eigenvalue weighted by atomic mass is 32.2. The molecule has 2 aliphatic rings. The quantitative estimate of drug-likeness (QED) is 0.831. The zero-order valence-corrected chi connectivity index (χ0v) is 14.2. The maximum absolute atomic E-state index is 12.5. The molecule has 0 aliphatic carbocycles. The number of amides is 1. The van der Waals surface area contributed by atoms with Crippen LogP contribution in [0.3, 0.4) is 0 Å². The molecule has 6 heteroatoms. The van der Waals surface area contributed by atoms with Crippen molar-refractivity contribution >= 4 is 15.7 Å². The van der Waals surface area contributed by atoms with Crippen LogP contribution in [0.4, 0.5) is 0 Å². The van der Waals surface area contributed by atoms with Crippen LogP contribution in [0.15, 0.2) is 30.3 Å². The van der Waals surface area contributed by atoms with Crippen LogP contribution in [0.25, 0.3) is 0 Å². The summed E-state index contributed by atoms with van der Waals surface area (Å²) in [6, 6.07) is 10.4. The molecule has 5 nitrogen and oxygen atoms in total. The van der Waals surface area contributed by atoms with Gasteiger partial charge in [-0.3, -0.25) is 9.69 Å². The minimum atomic E-state index is -2.90. The number of piperazine rings is 1. The van der Waals surface area contributed by atoms with Gasteiger partial charge in [0, 0.05) is 38.6 Å². The maximum atomic E-state index is 12.5. The molecule has 2 aliphatic heterocycles. The fourth-order valence-corrected chi connectivity index (χ4v) is 4.85. The highest BCUT2D eigenvalue weighted by Crippen LogP contribution is 2.22. The molecule has 0 atom stereocenters. The zero-order valence-electron chi connectivity index (χ0n) is 13.4. The Morgan fingerprint density at radius 3 is 2.22 bits per heavy atom. The molecule has 1 aromatic carbocycles. The van der Waals surface area contributed by atoms with Gasteiger partial charge in [0.15, 0.2) is 0 Å². The molecule has 3 rings (SSSR count). The number of nitrogens with zero attached hydrogens (tertiary/aromatic N) is 2. The molecule has 1 amide bonds. The Morgan fingerprint density at radius 1 is 1.00 bits per heavy atom. The SMILES string of the molecule is O=C(C1CCS(=O)(=O)CC1)N1CCN(Cc2ccccc2)CC1. The molecular formula is C17H24N2O3S. The van der Waals surface area contributed by atoms with Crippen molar-refractivity contribution in [3.05, 3.63) is 35.9 Å². The standard InChI is InChI=1S/C17H24N2O3S/c20-17(16-6-12-23(21,22)13-7-16)19-10-8-18(9-11-19)14-15-4-2-1-3-5-15/h1-5,16H,6-14H2. The van der Waals surface area contributed by atoms with Crippen LogP contribution in [0, 0.1) is 5.92 Å². The second-order valence-corrected chi connectivity index (χ2v) is 8.82. The Bertz CT molecular complexity index is 623. The Morgan fingerprint density at radius 2 is 1.61 bits per heavy atom. The van der Waals surface area contributed by atoms with E-state index in [-0.39, 0.29) is 23.3 Å². The average Bonchev–Trinajstić information content (AvgIpc) is 2.56. The predicted octanol–water partition coefficient (Wildman–Crippen LogP) is 1.16. The van der Waals surface area contributed by atoms with Crippen LogP contribution in [0.2, 0.25) is 0 Å². The van der Waals surface area contributed by atoms with E-state index in [0.29, 0.717) is 12.8 Å². The topological polar surface area (TPSA) is 57.7 Å². The first-order valence-corrected chi connectivity index (χ1v) is 10.1. The van der Waals surface area contributed by atoms with Gasteiger partial charge in [0.25, 0.3) is 0 Å². The lowest BCUT2D eigenvalue weighted by atomic mass is 10.0. The van der Waals surface area contributed by atoms with Crippen LogP contribution < -0.4 is 0 Å². The summed E-state index contributed by atoms with van der Waals surface area (Å²) < 4.78 is 23.0. The van der Waals surface area contributed by atoms with Crippen molar-refractivity contribution in [2.45, 2.75) is 19.4 Å². The van der Waals surface area contributed by atoms with Crippen molar-refractivity contribution in [2.24, 2.45) is 5.92 Å². The molecule has 0 aromatic heterocycles. The van der Waals surface area contributed by atoms with Crippen LogP contribution >= 0.6 is 0 Å². The number of sulfone groups is 1. The molecule has 1 aromatic rings. The van der Waals surface area contributed by atoms with Crippen molar-refractivity contribution in [3.8, 4) is 0 Å². The van der Waals surface area contributed by atoms with Gasteiger partial charge in [-0.1, -0.05) is 30.3 Å². The third kappa shape index (κ3) is 4.32. The lowest BCUT2D eigenvalue weighted by molar-refractivity contribution is -0.137. The van der Waals surface area contributed by atoms with Gasteiger partial charge in [-0.05, 0) is 18.4 Å². The Labute approximate surface area is 138 Å². The van der Waals surface area contributed by atoms with E-state index in [1.54, 1.807) is 0 Å². The smallest absolute Gasteiger partial charge is 0.225 e. The molecule has 0 radical (unpaired) electrons. The van der Waals surface area contributed by atoms with Gasteiger partial charge >= 0.3 is 0 Å². The molecule has 0 N–H and O–H groups in total. The van der Waals surface area contributed by atoms with Gasteiger partial charge in [0.2, 0.25) is 5.91 Å². The van der Waals surface area contributed by atoms with E-state index in [9.17, 15) is 13.2 Å². The van der Waals surface area contributed by atoms with Gasteiger partial charge < -0.3 is 4.90 Å². The third-order valence-electron chi connectivity index (χ3n) is 4.84. The van der Waals surface area contributed by atoms with Gasteiger partial charge in [-0.2, -0.15) is 0 Å². The highest BCUT2D eigenvalue weighted by molar-refractivity contribution is 7.91. The second kappa shape index (κ2) is 7.01. The first-order chi connectivity index (χ1) is 11.0. The van der Waals surface area contributed by atoms with E-state index >= 15 is 0 Å². The fourth-order valence-electron chi connectivity index (χ4n) is 3.36. The van der Waals surface area contributed by atoms with Gasteiger partial charge in [0.1, 0.15) is 9.84 Å². The molecule has 0 bridgehead atoms. The number of carbonyl (C=O) groups is 1. The van der Waals surface area contributed by atoms with Crippen molar-refractivity contribution < 1.29 is 13.2 Å². The van der Waals surface area contributed by atoms with E-state index in [0.717, 1.165) is 32.7 Å². The molecule has 0 unspecified atom stereocenters. The number of carbonyl (C=O) groups excluding carboxylic acids is 1. The fraction of sp³-hybridized carbons (Fsp3) is 0.588. The summed E-state index contributed by atoms with van der Waals surface area (Å²) in [5.41, 5.74) is 1.30. The predicted molar refractivity (Wildman–Crippen MR) is 89.7 cm³/mol. The van der Waals surface area contributed by atoms with E-state index < -0.39 is 9.84 Å². The first kappa shape index (κ1) is 16.5. The van der Waals surface area contributed by atoms with E-state index in [1.807, 2.05) is 23.1 Å². The summed E-state index contributed by atoms with van der Waals surface area (Å²) in [5, 5.41) is 0. The normalized spacial score (nSPS) is 22.9. The van der Waals surface area contributed by atoms with E-state index in [1.165, 1.54) is 5.56 Å². The largest absolute Gasteiger partial charge is 0.340 e. The summed E-state index contributed by atoms with van der Waals surface area (Å²) in [5.74, 6) is 0.382. The Balaban J connectivity index is 1.48. The summed E-state index contributed by atoms with van der Waals surface area (Å²) >= 11 is 0. The average molecular weight is 336 g/mol. The van der Waals surface area contributed by atoms with Gasteiger partial charge in [-0.25, -0.2) is 8.42 Å². The van der Waals surface area contributed by atoms with Crippen molar-refractivity contribution in [3.63, 3.8) is 0 Å². The Kier molecular flexibility index (Phi) is 5.02. The van der Waals surface area contributed by atoms with E-state index in [2.05, 4.69) is 17.0 Å². The van der Waals surface area contributed by atoms with E-state index in [4.69, 9.17) is 0 Å². The third-order valence-corrected chi connectivity index (χ3v) is 6.55. The highest BCUT2D eigenvalue weighted by Gasteiger charge is 2.32. The van der Waals surface area contributed by atoms with Crippen LogP contribution in [-0.2, 0) is 21.2 Å². The van der Waals surface area contributed by atoms with Gasteiger partial charge in [-0.15, -0.1) is 0 Å². The first-order valence-electron chi connectivity index (χ1n) is 8.29. The zero-order chi connectivity index (χ0) is 16.3. The molecule has 0 saturated carbocycles. The maximum Gasteiger partial charge on any atom is 0.225 e. The summed E-state index contributed by atoms with van der Waals surface area (Å²) in [4.78, 5) is 16.8. The lowest BCUT2D eigenvalue weighted by Crippen LogP contribution is -2.50. The minimum Gasteiger partial charge on any atom is -0.340 e. The van der Waals surface area contributed by atoms with Gasteiger partial charge in [0.05, 0.1) is 11.5 Å². The summed E-state index contributed by atoms with van der Waals surface area (Å²) in [6.07, 6.45) is 0.983. The van der Waals surface area contributed by atoms with Crippen molar-refractivity contribution in [1.82, 2.24) is 9.80 Å². The monoisotopic (exact) mass is 336 g/mol. The van der Waals surface area contributed by atoms with Crippen LogP contribution in [0.1, 0.15) is 18.4 Å². The van der Waals surface area contributed by atoms with Crippen molar-refractivity contribution in [2.75, 3.05) is 37.7 Å². The second-order valence-electron chi connectivity index (χ2n) is 6.51. The molecule has 23 heavy (non-hydrogen) atoms. The van der Waals surface area contributed by atoms with Crippen LogP contribution in [-0.4, -0.2) is 61.8 Å². The number of benzene rings is 1. The number of hydrogen-bond acceptors (Lipinski definition) is 4. The van der Waals surface area contributed by atoms with Crippen LogP contribution in [0.5, 0.6) is 0 Å². The molecule has 2 heterocycles. The van der Waals surface area contributed by atoms with Crippen molar-refractivity contribution in [1.29, 1.82) is 0 Å². The number of rotatable bonds is 3. The molecule has 0 spiro atoms.